The van der Waals surface area contributed by atoms with Crippen molar-refractivity contribution in [3.05, 3.63) is 82.5 Å². The van der Waals surface area contributed by atoms with Gasteiger partial charge in [-0.3, -0.25) is 9.59 Å². The second kappa shape index (κ2) is 10.7. The van der Waals surface area contributed by atoms with E-state index in [0.717, 1.165) is 0 Å². The van der Waals surface area contributed by atoms with E-state index in [1.807, 2.05) is 32.9 Å². The molecule has 0 saturated heterocycles. The first-order chi connectivity index (χ1) is 22.3. The van der Waals surface area contributed by atoms with Gasteiger partial charge in [0.25, 0.3) is 0 Å². The van der Waals surface area contributed by atoms with Crippen molar-refractivity contribution in [1.82, 2.24) is 20.6 Å². The first-order valence-corrected chi connectivity index (χ1v) is 15.3. The maximum absolute atomic E-state index is 15.1. The molecule has 2 aromatic carbocycles. The van der Waals surface area contributed by atoms with Crippen LogP contribution in [0.4, 0.5) is 10.1 Å². The molecule has 0 saturated carbocycles. The molecule has 3 aliphatic heterocycles. The fourth-order valence-corrected chi connectivity index (χ4v) is 6.57. The van der Waals surface area contributed by atoms with Crippen LogP contribution in [0.3, 0.4) is 0 Å². The number of fused-ring (bicyclic) bond motifs is 4. The molecule has 4 bridgehead atoms. The first-order valence-electron chi connectivity index (χ1n) is 15.3. The Labute approximate surface area is 269 Å². The van der Waals surface area contributed by atoms with E-state index in [1.165, 1.54) is 18.4 Å². The fourth-order valence-electron chi connectivity index (χ4n) is 6.57. The summed E-state index contributed by atoms with van der Waals surface area (Å²) >= 11 is 0. The van der Waals surface area contributed by atoms with Crippen molar-refractivity contribution in [2.45, 2.75) is 70.9 Å². The molecule has 7 rings (SSSR count). The number of amides is 2. The molecule has 5 heterocycles. The van der Waals surface area contributed by atoms with Crippen molar-refractivity contribution in [3.8, 4) is 23.4 Å². The molecular weight excluding hydrogens is 607 g/mol. The maximum Gasteiger partial charge on any atom is 0.250 e. The second-order valence-electron chi connectivity index (χ2n) is 13.6. The molecule has 2 amide bonds. The van der Waals surface area contributed by atoms with Crippen LogP contribution in [0.5, 0.6) is 5.75 Å². The van der Waals surface area contributed by atoms with Gasteiger partial charge >= 0.3 is 0 Å². The molecule has 47 heavy (non-hydrogen) atoms. The number of carbonyl (C=O) groups excluding carboxylic acids is 2. The molecule has 0 radical (unpaired) electrons. The molecule has 1 spiro atoms. The van der Waals surface area contributed by atoms with Gasteiger partial charge in [-0.2, -0.15) is 10.2 Å². The van der Waals surface area contributed by atoms with Gasteiger partial charge in [-0.25, -0.2) is 9.37 Å². The number of anilines is 1. The van der Waals surface area contributed by atoms with Gasteiger partial charge in [0.2, 0.25) is 23.6 Å². The van der Waals surface area contributed by atoms with Gasteiger partial charge in [0, 0.05) is 23.2 Å². The van der Waals surface area contributed by atoms with Gasteiger partial charge in [-0.1, -0.05) is 46.8 Å². The number of oxazole rings is 2. The summed E-state index contributed by atoms with van der Waals surface area (Å²) in [7, 11) is 0. The molecule has 242 valence electrons. The number of halogens is 1. The van der Waals surface area contributed by atoms with Gasteiger partial charge in [-0.05, 0) is 41.2 Å². The van der Waals surface area contributed by atoms with Crippen LogP contribution in [0.1, 0.15) is 74.7 Å². The number of aliphatic hydroxyl groups is 1. The fraction of sp³-hybridized carbons (Fsp3) is 0.382. The van der Waals surface area contributed by atoms with E-state index in [0.29, 0.717) is 28.1 Å². The van der Waals surface area contributed by atoms with Gasteiger partial charge in [0.1, 0.15) is 47.5 Å². The van der Waals surface area contributed by atoms with Crippen molar-refractivity contribution in [1.29, 1.82) is 5.26 Å². The van der Waals surface area contributed by atoms with Crippen molar-refractivity contribution in [2.24, 2.45) is 11.3 Å². The smallest absolute Gasteiger partial charge is 0.250 e. The number of carbonyl (C=O) groups is 2. The Hall–Kier alpha value is -5.22. The Morgan fingerprint density at radius 2 is 1.96 bits per heavy atom. The number of nitrogens with zero attached hydrogens (tertiary/aromatic N) is 3. The predicted octanol–water partition coefficient (Wildman–Crippen LogP) is 4.08. The molecule has 0 fully saturated rings. The Morgan fingerprint density at radius 3 is 2.66 bits per heavy atom. The highest BCUT2D eigenvalue weighted by Gasteiger charge is 2.61. The molecule has 3 aliphatic rings. The van der Waals surface area contributed by atoms with E-state index in [9.17, 15) is 20.0 Å². The molecule has 4 aromatic rings. The third-order valence-corrected chi connectivity index (χ3v) is 9.00. The number of benzene rings is 2. The number of nitriles is 1. The number of hydrogen-bond acceptors (Lipinski definition) is 10. The van der Waals surface area contributed by atoms with Gasteiger partial charge in [-0.15, -0.1) is 0 Å². The lowest BCUT2D eigenvalue weighted by atomic mass is 9.72. The second-order valence-corrected chi connectivity index (χ2v) is 13.6. The average Bonchev–Trinajstić information content (AvgIpc) is 3.79. The van der Waals surface area contributed by atoms with E-state index >= 15 is 4.39 Å². The minimum Gasteiger partial charge on any atom is -0.469 e. The minimum absolute atomic E-state index is 0.00389. The van der Waals surface area contributed by atoms with Crippen LogP contribution in [-0.2, 0) is 21.4 Å². The first kappa shape index (κ1) is 30.4. The van der Waals surface area contributed by atoms with Crippen LogP contribution >= 0.6 is 0 Å². The molecule has 2 aromatic heterocycles. The molecule has 0 aliphatic carbocycles. The number of rotatable bonds is 4. The molecular formula is C34H33FN6O6. The topological polar surface area (TPSA) is 176 Å². The zero-order chi connectivity index (χ0) is 33.4. The lowest BCUT2D eigenvalue weighted by Crippen LogP contribution is -2.53. The highest BCUT2D eigenvalue weighted by molar-refractivity contribution is 5.90. The Bertz CT molecular complexity index is 1970. The quantitative estimate of drug-likeness (QED) is 0.254. The van der Waals surface area contributed by atoms with E-state index in [1.54, 1.807) is 32.0 Å². The van der Waals surface area contributed by atoms with Crippen molar-refractivity contribution < 1.29 is 32.7 Å². The molecule has 13 heteroatoms. The van der Waals surface area contributed by atoms with Crippen LogP contribution in [0, 0.1) is 28.5 Å². The lowest BCUT2D eigenvalue weighted by Gasteiger charge is -2.32. The normalized spacial score (nSPS) is 23.3. The van der Waals surface area contributed by atoms with E-state index in [4.69, 9.17) is 18.6 Å². The largest absolute Gasteiger partial charge is 0.469 e. The summed E-state index contributed by atoms with van der Waals surface area (Å²) in [5, 5.41) is 29.2. The highest BCUT2D eigenvalue weighted by Crippen LogP contribution is 2.59. The van der Waals surface area contributed by atoms with Crippen molar-refractivity contribution in [2.75, 3.05) is 5.32 Å². The SMILES string of the molecule is CC(C)[C@H](O)C(=O)NC1Cc2ccc3c(c2)[C@@]2(c4cc(F)ccc4N[C@@H]2O3)c2oc(nc2-c2nc(C#N)co2)[C@H](C(C)(C)C)NC1=O. The van der Waals surface area contributed by atoms with Crippen molar-refractivity contribution >= 4 is 17.5 Å². The number of aliphatic hydroxyl groups excluding tert-OH is 1. The molecule has 12 nitrogen and oxygen atoms in total. The van der Waals surface area contributed by atoms with Crippen molar-refractivity contribution in [3.63, 3.8) is 0 Å². The van der Waals surface area contributed by atoms with E-state index in [2.05, 4.69) is 20.9 Å². The zero-order valence-electron chi connectivity index (χ0n) is 26.3. The van der Waals surface area contributed by atoms with E-state index < -0.39 is 52.9 Å². The van der Waals surface area contributed by atoms with E-state index in [-0.39, 0.29) is 41.3 Å². The number of ether oxygens (including phenoxy) is 1. The summed E-state index contributed by atoms with van der Waals surface area (Å²) in [6.07, 6.45) is -0.860. The molecule has 5 atom stereocenters. The Morgan fingerprint density at radius 1 is 1.17 bits per heavy atom. The maximum atomic E-state index is 15.1. The van der Waals surface area contributed by atoms with Gasteiger partial charge < -0.3 is 34.6 Å². The Balaban J connectivity index is 1.51. The van der Waals surface area contributed by atoms with Crippen LogP contribution in [0.2, 0.25) is 0 Å². The predicted molar refractivity (Wildman–Crippen MR) is 164 cm³/mol. The van der Waals surface area contributed by atoms with Gasteiger partial charge in [0.15, 0.2) is 23.4 Å². The summed E-state index contributed by atoms with van der Waals surface area (Å²) in [5.41, 5.74) is 0.576. The third-order valence-electron chi connectivity index (χ3n) is 9.00. The van der Waals surface area contributed by atoms with Crippen LogP contribution in [0.25, 0.3) is 11.6 Å². The summed E-state index contributed by atoms with van der Waals surface area (Å²) in [6, 6.07) is 9.80. The highest BCUT2D eigenvalue weighted by atomic mass is 19.1. The summed E-state index contributed by atoms with van der Waals surface area (Å²) in [5.74, 6) is -1.24. The summed E-state index contributed by atoms with van der Waals surface area (Å²) in [6.45, 7) is 9.09. The average molecular weight is 641 g/mol. The minimum atomic E-state index is -1.33. The number of aromatic nitrogens is 2. The molecule has 4 N–H and O–H groups in total. The van der Waals surface area contributed by atoms with Gasteiger partial charge in [0.05, 0.1) is 0 Å². The van der Waals surface area contributed by atoms with Crippen LogP contribution < -0.4 is 20.7 Å². The zero-order valence-corrected chi connectivity index (χ0v) is 26.3. The standard InChI is InChI=1S/C34H33FN6O6/c1-15(2)25(42)29(44)38-22-11-16-6-9-23-20(10-16)34(19-12-17(35)7-8-21(19)39-32(34)46-23)27-24(30-37-18(13-36)14-45-30)40-31(47-27)26(33(3,4)5)41-28(22)43/h6-10,12,14-15,22,25-26,32,39,42H,11H2,1-5H3,(H,38,44)(H,41,43)/t22?,25-,26+,32+,34-/m0/s1. The number of nitrogens with one attached hydrogen (secondary N) is 3. The summed E-state index contributed by atoms with van der Waals surface area (Å²) in [4.78, 5) is 36.3. The Kier molecular flexibility index (Phi) is 6.91. The molecule has 1 unspecified atom stereocenters. The van der Waals surface area contributed by atoms with Crippen LogP contribution in [0.15, 0.2) is 51.5 Å². The lowest BCUT2D eigenvalue weighted by molar-refractivity contribution is -0.136. The summed E-state index contributed by atoms with van der Waals surface area (Å²) < 4.78 is 34.0. The monoisotopic (exact) mass is 640 g/mol. The van der Waals surface area contributed by atoms with Crippen LogP contribution in [-0.4, -0.2) is 45.3 Å². The number of hydrogen-bond donors (Lipinski definition) is 4. The third kappa shape index (κ3) is 4.74.